The number of fused-ring (bicyclic) bond motifs is 1. The van der Waals surface area contributed by atoms with Crippen molar-refractivity contribution in [3.8, 4) is 17.6 Å². The Morgan fingerprint density at radius 1 is 1.33 bits per heavy atom. The molecule has 1 aliphatic carbocycles. The van der Waals surface area contributed by atoms with Crippen molar-refractivity contribution in [3.63, 3.8) is 0 Å². The Morgan fingerprint density at radius 2 is 2.12 bits per heavy atom. The van der Waals surface area contributed by atoms with Crippen LogP contribution in [0.15, 0.2) is 24.5 Å². The van der Waals surface area contributed by atoms with Crippen molar-refractivity contribution in [2.75, 3.05) is 5.32 Å². The molecule has 1 fully saturated rings. The van der Waals surface area contributed by atoms with Crippen LogP contribution in [0.5, 0.6) is 11.5 Å². The van der Waals surface area contributed by atoms with E-state index < -0.39 is 5.79 Å². The van der Waals surface area contributed by atoms with Crippen molar-refractivity contribution in [1.29, 1.82) is 5.26 Å². The van der Waals surface area contributed by atoms with E-state index in [1.54, 1.807) is 18.2 Å². The van der Waals surface area contributed by atoms with E-state index in [0.717, 1.165) is 25.7 Å². The van der Waals surface area contributed by atoms with Crippen molar-refractivity contribution < 1.29 is 14.3 Å². The van der Waals surface area contributed by atoms with Crippen molar-refractivity contribution in [3.05, 3.63) is 30.4 Å². The summed E-state index contributed by atoms with van der Waals surface area (Å²) in [6.07, 6.45) is 5.32. The number of anilines is 1. The van der Waals surface area contributed by atoms with Crippen LogP contribution in [0.3, 0.4) is 0 Å². The SMILES string of the molecule is N#Cc1ncn(CC(=O)Nc2ccc3c(c2)OC2(CCCC2)O3)n1. The van der Waals surface area contributed by atoms with E-state index in [9.17, 15) is 4.79 Å². The molecule has 1 saturated carbocycles. The number of hydrogen-bond donors (Lipinski definition) is 1. The number of benzene rings is 1. The molecule has 8 heteroatoms. The van der Waals surface area contributed by atoms with Crippen molar-refractivity contribution in [1.82, 2.24) is 14.8 Å². The van der Waals surface area contributed by atoms with Crippen LogP contribution in [0, 0.1) is 11.3 Å². The van der Waals surface area contributed by atoms with Crippen LogP contribution >= 0.6 is 0 Å². The first-order chi connectivity index (χ1) is 11.7. The molecule has 0 radical (unpaired) electrons. The average molecular weight is 325 g/mol. The number of carbonyl (C=O) groups is 1. The van der Waals surface area contributed by atoms with E-state index in [1.165, 1.54) is 11.0 Å². The standard InChI is InChI=1S/C16H15N5O3/c17-8-14-18-10-21(20-14)9-15(22)19-11-3-4-12-13(7-11)24-16(23-12)5-1-2-6-16/h3-4,7,10H,1-2,5-6,9H2,(H,19,22). The van der Waals surface area contributed by atoms with Gasteiger partial charge in [0, 0.05) is 24.6 Å². The van der Waals surface area contributed by atoms with Crippen LogP contribution in [0.2, 0.25) is 0 Å². The first kappa shape index (κ1) is 14.5. The van der Waals surface area contributed by atoms with E-state index in [0.29, 0.717) is 17.2 Å². The van der Waals surface area contributed by atoms with Crippen molar-refractivity contribution in [2.24, 2.45) is 0 Å². The maximum absolute atomic E-state index is 12.1. The van der Waals surface area contributed by atoms with E-state index in [4.69, 9.17) is 14.7 Å². The van der Waals surface area contributed by atoms with Gasteiger partial charge in [0.05, 0.1) is 0 Å². The molecule has 1 aliphatic heterocycles. The minimum Gasteiger partial charge on any atom is -0.448 e. The summed E-state index contributed by atoms with van der Waals surface area (Å²) < 4.78 is 13.2. The molecular weight excluding hydrogens is 310 g/mol. The molecule has 1 amide bonds. The van der Waals surface area contributed by atoms with Crippen LogP contribution in [-0.4, -0.2) is 26.5 Å². The fourth-order valence-corrected chi connectivity index (χ4v) is 3.06. The number of nitrogens with zero attached hydrogens (tertiary/aromatic N) is 4. The molecule has 2 heterocycles. The van der Waals surface area contributed by atoms with Gasteiger partial charge in [0.1, 0.15) is 18.9 Å². The van der Waals surface area contributed by atoms with Gasteiger partial charge in [-0.15, -0.1) is 5.10 Å². The van der Waals surface area contributed by atoms with Crippen LogP contribution in [0.1, 0.15) is 31.5 Å². The number of rotatable bonds is 3. The second-order valence-corrected chi connectivity index (χ2v) is 5.91. The lowest BCUT2D eigenvalue weighted by molar-refractivity contribution is -0.116. The zero-order chi connectivity index (χ0) is 16.6. The van der Waals surface area contributed by atoms with Gasteiger partial charge in [0.25, 0.3) is 11.6 Å². The van der Waals surface area contributed by atoms with Gasteiger partial charge in [0.2, 0.25) is 5.91 Å². The number of hydrogen-bond acceptors (Lipinski definition) is 6. The zero-order valence-electron chi connectivity index (χ0n) is 12.9. The number of amides is 1. The van der Waals surface area contributed by atoms with Gasteiger partial charge in [-0.05, 0) is 25.0 Å². The second-order valence-electron chi connectivity index (χ2n) is 5.91. The third-order valence-electron chi connectivity index (χ3n) is 4.13. The summed E-state index contributed by atoms with van der Waals surface area (Å²) in [6.45, 7) is -0.0208. The van der Waals surface area contributed by atoms with Gasteiger partial charge in [-0.2, -0.15) is 5.26 Å². The molecule has 24 heavy (non-hydrogen) atoms. The molecule has 0 bridgehead atoms. The Hall–Kier alpha value is -3.08. The molecule has 2 aliphatic rings. The Kier molecular flexibility index (Phi) is 3.34. The first-order valence-corrected chi connectivity index (χ1v) is 7.77. The van der Waals surface area contributed by atoms with Crippen LogP contribution in [0.4, 0.5) is 5.69 Å². The van der Waals surface area contributed by atoms with E-state index >= 15 is 0 Å². The van der Waals surface area contributed by atoms with E-state index in [1.807, 2.05) is 6.07 Å². The maximum atomic E-state index is 12.1. The smallest absolute Gasteiger partial charge is 0.252 e. The van der Waals surface area contributed by atoms with Crippen LogP contribution < -0.4 is 14.8 Å². The Morgan fingerprint density at radius 3 is 2.88 bits per heavy atom. The number of nitriles is 1. The number of carbonyl (C=O) groups excluding carboxylic acids is 1. The monoisotopic (exact) mass is 325 g/mol. The highest BCUT2D eigenvalue weighted by molar-refractivity contribution is 5.90. The predicted molar refractivity (Wildman–Crippen MR) is 82.3 cm³/mol. The molecule has 122 valence electrons. The predicted octanol–water partition coefficient (Wildman–Crippen LogP) is 1.83. The normalized spacial score (nSPS) is 17.0. The molecule has 4 rings (SSSR count). The molecule has 2 aromatic rings. The minimum atomic E-state index is -0.514. The van der Waals surface area contributed by atoms with Gasteiger partial charge in [-0.25, -0.2) is 9.67 Å². The summed E-state index contributed by atoms with van der Waals surface area (Å²) >= 11 is 0. The Bertz CT molecular complexity index is 832. The van der Waals surface area contributed by atoms with Crippen molar-refractivity contribution in [2.45, 2.75) is 38.0 Å². The first-order valence-electron chi connectivity index (χ1n) is 7.77. The summed E-state index contributed by atoms with van der Waals surface area (Å²) in [5.41, 5.74) is 0.623. The number of ether oxygens (including phenoxy) is 2. The van der Waals surface area contributed by atoms with Gasteiger partial charge < -0.3 is 14.8 Å². The van der Waals surface area contributed by atoms with Gasteiger partial charge in [0.15, 0.2) is 11.5 Å². The summed E-state index contributed by atoms with van der Waals surface area (Å²) in [5, 5.41) is 15.3. The molecule has 1 N–H and O–H groups in total. The van der Waals surface area contributed by atoms with Gasteiger partial charge in [-0.1, -0.05) is 0 Å². The Labute approximate surface area is 138 Å². The van der Waals surface area contributed by atoms with Crippen molar-refractivity contribution >= 4 is 11.6 Å². The zero-order valence-corrected chi connectivity index (χ0v) is 12.9. The van der Waals surface area contributed by atoms with E-state index in [2.05, 4.69) is 15.4 Å². The molecule has 0 unspecified atom stereocenters. The lowest BCUT2D eigenvalue weighted by Gasteiger charge is -2.21. The lowest BCUT2D eigenvalue weighted by Crippen LogP contribution is -2.34. The summed E-state index contributed by atoms with van der Waals surface area (Å²) in [7, 11) is 0. The summed E-state index contributed by atoms with van der Waals surface area (Å²) in [5.74, 6) is 0.623. The van der Waals surface area contributed by atoms with Gasteiger partial charge in [-0.3, -0.25) is 4.79 Å². The topological polar surface area (TPSA) is 102 Å². The molecule has 0 saturated heterocycles. The highest BCUT2D eigenvalue weighted by Gasteiger charge is 2.44. The van der Waals surface area contributed by atoms with Crippen LogP contribution in [-0.2, 0) is 11.3 Å². The molecular formula is C16H15N5O3. The van der Waals surface area contributed by atoms with Gasteiger partial charge >= 0.3 is 0 Å². The maximum Gasteiger partial charge on any atom is 0.252 e. The Balaban J connectivity index is 1.43. The minimum absolute atomic E-state index is 0.0208. The fraction of sp³-hybridized carbons (Fsp3) is 0.375. The fourth-order valence-electron chi connectivity index (χ4n) is 3.06. The average Bonchev–Trinajstić information content (AvgIpc) is 3.27. The second kappa shape index (κ2) is 5.53. The van der Waals surface area contributed by atoms with E-state index in [-0.39, 0.29) is 18.3 Å². The van der Waals surface area contributed by atoms with Crippen LogP contribution in [0.25, 0.3) is 0 Å². The summed E-state index contributed by atoms with van der Waals surface area (Å²) in [6, 6.07) is 7.16. The highest BCUT2D eigenvalue weighted by Crippen LogP contribution is 2.47. The third kappa shape index (κ3) is 2.65. The molecule has 8 nitrogen and oxygen atoms in total. The molecule has 1 aromatic carbocycles. The largest absolute Gasteiger partial charge is 0.448 e. The molecule has 0 atom stereocenters. The highest BCUT2D eigenvalue weighted by atomic mass is 16.7. The summed E-state index contributed by atoms with van der Waals surface area (Å²) in [4.78, 5) is 15.8. The number of nitrogens with one attached hydrogen (secondary N) is 1. The third-order valence-corrected chi connectivity index (χ3v) is 4.13. The lowest BCUT2D eigenvalue weighted by atomic mass is 10.2. The number of aromatic nitrogens is 3. The quantitative estimate of drug-likeness (QED) is 0.923. The molecule has 1 spiro atoms. The molecule has 1 aromatic heterocycles.